The summed E-state index contributed by atoms with van der Waals surface area (Å²) < 4.78 is 11.0. The van der Waals surface area contributed by atoms with Gasteiger partial charge >= 0.3 is 0 Å². The predicted octanol–water partition coefficient (Wildman–Crippen LogP) is 6.91. The third-order valence-electron chi connectivity index (χ3n) is 5.82. The Morgan fingerprint density at radius 1 is 0.848 bits per heavy atom. The van der Waals surface area contributed by atoms with Crippen molar-refractivity contribution in [2.45, 2.75) is 6.42 Å². The molecule has 4 nitrogen and oxygen atoms in total. The van der Waals surface area contributed by atoms with Gasteiger partial charge < -0.3 is 14.8 Å². The lowest BCUT2D eigenvalue weighted by Gasteiger charge is -2.13. The number of carbonyl (C=O) groups is 1. The van der Waals surface area contributed by atoms with Crippen LogP contribution < -0.4 is 14.8 Å². The SMILES string of the molecule is COc1cc2cccc(Cc3ccc4cc(NC(=O)c5ccsc5)ccc4c3)c2cc1OC. The number of rotatable bonds is 6. The number of nitrogens with one attached hydrogen (secondary N) is 1. The quantitative estimate of drug-likeness (QED) is 0.304. The van der Waals surface area contributed by atoms with E-state index in [0.29, 0.717) is 5.56 Å². The molecule has 1 amide bonds. The number of carbonyl (C=O) groups excluding carboxylic acids is 1. The largest absolute Gasteiger partial charge is 0.493 e. The van der Waals surface area contributed by atoms with Gasteiger partial charge in [-0.25, -0.2) is 0 Å². The number of methoxy groups -OCH3 is 2. The number of amides is 1. The number of thiophene rings is 1. The smallest absolute Gasteiger partial charge is 0.256 e. The summed E-state index contributed by atoms with van der Waals surface area (Å²) in [6.45, 7) is 0. The van der Waals surface area contributed by atoms with Crippen LogP contribution >= 0.6 is 11.3 Å². The molecule has 0 aliphatic carbocycles. The van der Waals surface area contributed by atoms with Gasteiger partial charge in [-0.1, -0.05) is 42.5 Å². The Kier molecular flexibility index (Phi) is 5.71. The van der Waals surface area contributed by atoms with Gasteiger partial charge in [-0.05, 0) is 74.8 Å². The fourth-order valence-electron chi connectivity index (χ4n) is 4.12. The fraction of sp³-hybridized carbons (Fsp3) is 0.107. The molecular formula is C28H23NO3S. The average molecular weight is 454 g/mol. The molecule has 5 aromatic rings. The maximum absolute atomic E-state index is 12.3. The third-order valence-corrected chi connectivity index (χ3v) is 6.50. The zero-order valence-electron chi connectivity index (χ0n) is 18.4. The van der Waals surface area contributed by atoms with Gasteiger partial charge in [0, 0.05) is 11.1 Å². The van der Waals surface area contributed by atoms with Gasteiger partial charge in [0.15, 0.2) is 11.5 Å². The predicted molar refractivity (Wildman–Crippen MR) is 136 cm³/mol. The molecule has 0 atom stereocenters. The standard InChI is InChI=1S/C28H23NO3S/c1-31-26-15-22-5-3-4-21(25(22)16-27(26)32-2)13-18-6-7-20-14-24(9-8-19(20)12-18)29-28(30)23-10-11-33-17-23/h3-12,14-17H,13H2,1-2H3,(H,29,30). The Labute approximate surface area is 196 Å². The van der Waals surface area contributed by atoms with Crippen LogP contribution in [0.3, 0.4) is 0 Å². The van der Waals surface area contributed by atoms with Gasteiger partial charge in [0.2, 0.25) is 0 Å². The van der Waals surface area contributed by atoms with E-state index in [0.717, 1.165) is 45.2 Å². The zero-order valence-corrected chi connectivity index (χ0v) is 19.2. The molecule has 0 saturated carbocycles. The van der Waals surface area contributed by atoms with E-state index in [-0.39, 0.29) is 5.91 Å². The highest BCUT2D eigenvalue weighted by molar-refractivity contribution is 7.08. The first-order valence-electron chi connectivity index (χ1n) is 10.6. The molecule has 4 aromatic carbocycles. The molecule has 5 rings (SSSR count). The number of benzene rings is 4. The first-order valence-corrected chi connectivity index (χ1v) is 11.6. The Morgan fingerprint density at radius 3 is 2.42 bits per heavy atom. The molecule has 1 N–H and O–H groups in total. The third kappa shape index (κ3) is 4.28. The summed E-state index contributed by atoms with van der Waals surface area (Å²) in [7, 11) is 3.31. The lowest BCUT2D eigenvalue weighted by molar-refractivity contribution is 0.102. The maximum atomic E-state index is 12.3. The van der Waals surface area contributed by atoms with Crippen molar-refractivity contribution in [3.8, 4) is 11.5 Å². The van der Waals surface area contributed by atoms with Crippen molar-refractivity contribution >= 4 is 44.5 Å². The molecule has 0 saturated heterocycles. The lowest BCUT2D eigenvalue weighted by atomic mass is 9.96. The minimum Gasteiger partial charge on any atom is -0.493 e. The van der Waals surface area contributed by atoms with Gasteiger partial charge in [0.25, 0.3) is 5.91 Å². The van der Waals surface area contributed by atoms with Gasteiger partial charge in [-0.2, -0.15) is 11.3 Å². The zero-order chi connectivity index (χ0) is 22.8. The Balaban J connectivity index is 1.42. The normalized spacial score (nSPS) is 11.0. The second kappa shape index (κ2) is 8.96. The highest BCUT2D eigenvalue weighted by Crippen LogP contribution is 2.34. The second-order valence-corrected chi connectivity index (χ2v) is 8.66. The van der Waals surface area contributed by atoms with Gasteiger partial charge in [-0.3, -0.25) is 4.79 Å². The van der Waals surface area contributed by atoms with Gasteiger partial charge in [0.1, 0.15) is 0 Å². The Bertz CT molecular complexity index is 1460. The first-order chi connectivity index (χ1) is 16.1. The summed E-state index contributed by atoms with van der Waals surface area (Å²) in [5, 5.41) is 11.2. The minimum atomic E-state index is -0.0877. The summed E-state index contributed by atoms with van der Waals surface area (Å²) in [6.07, 6.45) is 0.805. The van der Waals surface area contributed by atoms with Crippen LogP contribution in [0.1, 0.15) is 21.5 Å². The summed E-state index contributed by atoms with van der Waals surface area (Å²) in [4.78, 5) is 12.3. The minimum absolute atomic E-state index is 0.0877. The Morgan fingerprint density at radius 2 is 1.64 bits per heavy atom. The molecule has 0 radical (unpaired) electrons. The van der Waals surface area contributed by atoms with Crippen LogP contribution in [0.15, 0.2) is 83.6 Å². The lowest BCUT2D eigenvalue weighted by Crippen LogP contribution is -2.10. The molecule has 0 fully saturated rings. The van der Waals surface area contributed by atoms with Gasteiger partial charge in [0.05, 0.1) is 19.8 Å². The summed E-state index contributed by atoms with van der Waals surface area (Å²) in [5.41, 5.74) is 3.92. The van der Waals surface area contributed by atoms with Crippen LogP contribution in [-0.2, 0) is 6.42 Å². The van der Waals surface area contributed by atoms with Crippen LogP contribution in [0.5, 0.6) is 11.5 Å². The molecule has 0 aliphatic heterocycles. The average Bonchev–Trinajstić information content (AvgIpc) is 3.39. The molecule has 0 unspecified atom stereocenters. The van der Waals surface area contributed by atoms with Crippen molar-refractivity contribution in [3.05, 3.63) is 100 Å². The van der Waals surface area contributed by atoms with Crippen LogP contribution in [0, 0.1) is 0 Å². The van der Waals surface area contributed by atoms with Crippen LogP contribution in [-0.4, -0.2) is 20.1 Å². The van der Waals surface area contributed by atoms with Crippen molar-refractivity contribution in [2.75, 3.05) is 19.5 Å². The molecule has 0 spiro atoms. The highest BCUT2D eigenvalue weighted by atomic mass is 32.1. The molecule has 164 valence electrons. The van der Waals surface area contributed by atoms with Crippen molar-refractivity contribution in [1.82, 2.24) is 0 Å². The molecule has 1 heterocycles. The highest BCUT2D eigenvalue weighted by Gasteiger charge is 2.10. The maximum Gasteiger partial charge on any atom is 0.256 e. The summed E-state index contributed by atoms with van der Waals surface area (Å²) in [6, 6.07) is 24.7. The van der Waals surface area contributed by atoms with E-state index in [2.05, 4.69) is 47.8 Å². The molecule has 1 aromatic heterocycles. The van der Waals surface area contributed by atoms with Crippen molar-refractivity contribution in [1.29, 1.82) is 0 Å². The molecule has 5 heteroatoms. The van der Waals surface area contributed by atoms with E-state index in [1.54, 1.807) is 14.2 Å². The van der Waals surface area contributed by atoms with Gasteiger partial charge in [-0.15, -0.1) is 0 Å². The molecule has 0 aliphatic rings. The van der Waals surface area contributed by atoms with E-state index in [9.17, 15) is 4.79 Å². The Hall–Kier alpha value is -3.83. The second-order valence-electron chi connectivity index (χ2n) is 7.88. The first kappa shape index (κ1) is 21.0. The number of anilines is 1. The number of fused-ring (bicyclic) bond motifs is 2. The summed E-state index contributed by atoms with van der Waals surface area (Å²) in [5.74, 6) is 1.37. The molecular weight excluding hydrogens is 430 g/mol. The van der Waals surface area contributed by atoms with Crippen molar-refractivity contribution < 1.29 is 14.3 Å². The van der Waals surface area contributed by atoms with E-state index in [4.69, 9.17) is 9.47 Å². The van der Waals surface area contributed by atoms with Crippen molar-refractivity contribution in [3.63, 3.8) is 0 Å². The number of hydrogen-bond donors (Lipinski definition) is 1. The summed E-state index contributed by atoms with van der Waals surface area (Å²) >= 11 is 1.51. The van der Waals surface area contributed by atoms with E-state index >= 15 is 0 Å². The number of ether oxygens (including phenoxy) is 2. The monoisotopic (exact) mass is 453 g/mol. The van der Waals surface area contributed by atoms with Crippen LogP contribution in [0.4, 0.5) is 5.69 Å². The van der Waals surface area contributed by atoms with Crippen molar-refractivity contribution in [2.24, 2.45) is 0 Å². The van der Waals surface area contributed by atoms with E-state index in [1.165, 1.54) is 22.5 Å². The fourth-order valence-corrected chi connectivity index (χ4v) is 4.76. The van der Waals surface area contributed by atoms with Crippen LogP contribution in [0.25, 0.3) is 21.5 Å². The molecule has 0 bridgehead atoms. The van der Waals surface area contributed by atoms with E-state index < -0.39 is 0 Å². The van der Waals surface area contributed by atoms with Crippen LogP contribution in [0.2, 0.25) is 0 Å². The topological polar surface area (TPSA) is 47.6 Å². The van der Waals surface area contributed by atoms with E-state index in [1.807, 2.05) is 41.1 Å². The molecule has 33 heavy (non-hydrogen) atoms. The number of hydrogen-bond acceptors (Lipinski definition) is 4.